The molecular weight excluding hydrogens is 445 g/mol. The first-order chi connectivity index (χ1) is 16.9. The second kappa shape index (κ2) is 10.4. The maximum atomic E-state index is 13.8. The molecule has 178 valence electrons. The van der Waals surface area contributed by atoms with E-state index in [0.717, 1.165) is 27.9 Å². The van der Waals surface area contributed by atoms with Gasteiger partial charge in [-0.25, -0.2) is 9.87 Å². The molecule has 0 saturated carbocycles. The Bertz CT molecular complexity index is 1340. The molecule has 3 N–H and O–H groups in total. The molecule has 35 heavy (non-hydrogen) atoms. The van der Waals surface area contributed by atoms with E-state index in [2.05, 4.69) is 11.6 Å². The average molecular weight is 472 g/mol. The fraction of sp³-hybridized carbons (Fsp3) is 0.143. The number of fused-ring (bicyclic) bond motifs is 1. The lowest BCUT2D eigenvalue weighted by Gasteiger charge is -2.30. The second-order valence-electron chi connectivity index (χ2n) is 8.34. The van der Waals surface area contributed by atoms with Gasteiger partial charge in [0.1, 0.15) is 5.82 Å². The van der Waals surface area contributed by atoms with E-state index in [0.29, 0.717) is 36.2 Å². The molecule has 2 heterocycles. The number of hydrogen-bond acceptors (Lipinski definition) is 3. The van der Waals surface area contributed by atoms with Gasteiger partial charge in [-0.05, 0) is 77.6 Å². The van der Waals surface area contributed by atoms with Crippen molar-refractivity contribution in [2.75, 3.05) is 6.54 Å². The predicted octanol–water partition coefficient (Wildman–Crippen LogP) is 4.91. The van der Waals surface area contributed by atoms with Crippen molar-refractivity contribution >= 4 is 29.5 Å². The monoisotopic (exact) mass is 471 g/mol. The largest absolute Gasteiger partial charge is 0.361 e. The number of amides is 2. The Labute approximate surface area is 203 Å². The molecule has 2 aromatic carbocycles. The molecule has 0 fully saturated rings. The maximum Gasteiger partial charge on any atom is 0.274 e. The van der Waals surface area contributed by atoms with Crippen LogP contribution in [0.1, 0.15) is 43.9 Å². The highest BCUT2D eigenvalue weighted by molar-refractivity contribution is 6.24. The quantitative estimate of drug-likeness (QED) is 0.207. The summed E-state index contributed by atoms with van der Waals surface area (Å²) in [4.78, 5) is 30.5. The first-order valence-electron chi connectivity index (χ1n) is 11.2. The van der Waals surface area contributed by atoms with Crippen molar-refractivity contribution in [3.63, 3.8) is 0 Å². The highest BCUT2D eigenvalue weighted by Gasteiger charge is 2.25. The minimum atomic E-state index is -0.604. The third kappa shape index (κ3) is 5.15. The van der Waals surface area contributed by atoms with Gasteiger partial charge in [-0.1, -0.05) is 36.9 Å². The molecule has 3 aromatic rings. The van der Waals surface area contributed by atoms with Gasteiger partial charge in [-0.15, -0.1) is 0 Å². The van der Waals surface area contributed by atoms with Gasteiger partial charge in [0.2, 0.25) is 0 Å². The number of aromatic nitrogens is 1. The summed E-state index contributed by atoms with van der Waals surface area (Å²) >= 11 is 0. The van der Waals surface area contributed by atoms with Crippen molar-refractivity contribution in [3.05, 3.63) is 112 Å². The number of halogens is 1. The molecule has 6 nitrogen and oxygen atoms in total. The van der Waals surface area contributed by atoms with Gasteiger partial charge in [-0.2, -0.15) is 0 Å². The van der Waals surface area contributed by atoms with Crippen LogP contribution in [-0.4, -0.2) is 33.5 Å². The van der Waals surface area contributed by atoms with E-state index in [1.165, 1.54) is 12.1 Å². The number of benzene rings is 2. The molecule has 2 amide bonds. The van der Waals surface area contributed by atoms with Crippen molar-refractivity contribution in [1.82, 2.24) is 15.4 Å². The molecule has 1 aliphatic rings. The number of hydrogen-bond donors (Lipinski definition) is 3. The zero-order valence-electron chi connectivity index (χ0n) is 19.3. The summed E-state index contributed by atoms with van der Waals surface area (Å²) in [6.07, 6.45) is 9.71. The van der Waals surface area contributed by atoms with Gasteiger partial charge in [0, 0.05) is 36.1 Å². The summed E-state index contributed by atoms with van der Waals surface area (Å²) in [6, 6.07) is 11.1. The van der Waals surface area contributed by atoms with Crippen LogP contribution in [0.5, 0.6) is 0 Å². The van der Waals surface area contributed by atoms with Crippen LogP contribution in [0.25, 0.3) is 17.7 Å². The van der Waals surface area contributed by atoms with Crippen molar-refractivity contribution in [1.29, 1.82) is 0 Å². The van der Waals surface area contributed by atoms with E-state index >= 15 is 0 Å². The summed E-state index contributed by atoms with van der Waals surface area (Å²) in [7, 11) is 0. The Kier molecular flexibility index (Phi) is 7.08. The van der Waals surface area contributed by atoms with Crippen LogP contribution in [-0.2, 0) is 17.8 Å². The first-order valence-corrected chi connectivity index (χ1v) is 11.2. The molecule has 1 aromatic heterocycles. The van der Waals surface area contributed by atoms with Crippen LogP contribution in [0, 0.1) is 12.7 Å². The van der Waals surface area contributed by atoms with Crippen LogP contribution in [0.15, 0.2) is 67.4 Å². The summed E-state index contributed by atoms with van der Waals surface area (Å²) in [6.45, 7) is 6.48. The topological polar surface area (TPSA) is 85.4 Å². The number of carbonyl (C=O) groups is 2. The van der Waals surface area contributed by atoms with Crippen LogP contribution in [0.2, 0.25) is 0 Å². The van der Waals surface area contributed by atoms with Crippen LogP contribution < -0.4 is 5.48 Å². The van der Waals surface area contributed by atoms with E-state index in [9.17, 15) is 14.0 Å². The normalized spacial score (nSPS) is 13.6. The fourth-order valence-corrected chi connectivity index (χ4v) is 4.17. The molecule has 0 unspecified atom stereocenters. The molecule has 4 rings (SSSR count). The Morgan fingerprint density at radius 1 is 1.14 bits per heavy atom. The van der Waals surface area contributed by atoms with Crippen LogP contribution in [0.4, 0.5) is 4.39 Å². The summed E-state index contributed by atoms with van der Waals surface area (Å²) in [5.41, 5.74) is 7.64. The summed E-state index contributed by atoms with van der Waals surface area (Å²) < 4.78 is 13.6. The van der Waals surface area contributed by atoms with Crippen molar-refractivity contribution < 1.29 is 19.2 Å². The highest BCUT2D eigenvalue weighted by atomic mass is 19.1. The van der Waals surface area contributed by atoms with E-state index < -0.39 is 5.91 Å². The van der Waals surface area contributed by atoms with Gasteiger partial charge in [-0.3, -0.25) is 14.8 Å². The van der Waals surface area contributed by atoms with Gasteiger partial charge < -0.3 is 9.88 Å². The molecule has 0 saturated heterocycles. The van der Waals surface area contributed by atoms with Gasteiger partial charge >= 0.3 is 0 Å². The minimum absolute atomic E-state index is 0.192. The van der Waals surface area contributed by atoms with Crippen LogP contribution >= 0.6 is 0 Å². The lowest BCUT2D eigenvalue weighted by atomic mass is 9.95. The lowest BCUT2D eigenvalue weighted by Crippen LogP contribution is -2.36. The fourth-order valence-electron chi connectivity index (χ4n) is 4.17. The molecule has 0 spiro atoms. The third-order valence-corrected chi connectivity index (χ3v) is 6.17. The lowest BCUT2D eigenvalue weighted by molar-refractivity contribution is -0.125. The summed E-state index contributed by atoms with van der Waals surface area (Å²) in [5.74, 6) is -1.17. The Morgan fingerprint density at radius 2 is 1.89 bits per heavy atom. The smallest absolute Gasteiger partial charge is 0.274 e. The van der Waals surface area contributed by atoms with Crippen LogP contribution in [0.3, 0.4) is 0 Å². The van der Waals surface area contributed by atoms with Gasteiger partial charge in [0.05, 0.1) is 0 Å². The van der Waals surface area contributed by atoms with E-state index in [1.54, 1.807) is 40.7 Å². The van der Waals surface area contributed by atoms with Gasteiger partial charge in [0.25, 0.3) is 11.8 Å². The number of allylic oxidation sites excluding steroid dienone is 2. The van der Waals surface area contributed by atoms with Crippen molar-refractivity contribution in [2.24, 2.45) is 0 Å². The molecule has 0 bridgehead atoms. The molecule has 7 heteroatoms. The zero-order valence-corrected chi connectivity index (χ0v) is 19.3. The first kappa shape index (κ1) is 23.9. The average Bonchev–Trinajstić information content (AvgIpc) is 3.23. The number of rotatable bonds is 6. The molecular formula is C28H26FN3O3. The number of H-pyrrole nitrogens is 1. The molecule has 0 aliphatic carbocycles. The SMILES string of the molecule is C=C/C=C\c1[nH]cc(/C=C(/C(=O)N2CCc3ccc(C(=O)NO)cc3C2)c2ccc(F)cc2)c1C. The van der Waals surface area contributed by atoms with E-state index in [1.807, 2.05) is 37.4 Å². The number of hydroxylamine groups is 1. The van der Waals surface area contributed by atoms with E-state index in [-0.39, 0.29) is 11.7 Å². The van der Waals surface area contributed by atoms with E-state index in [4.69, 9.17) is 5.21 Å². The predicted molar refractivity (Wildman–Crippen MR) is 134 cm³/mol. The number of nitrogens with zero attached hydrogens (tertiary/aromatic N) is 1. The molecule has 0 atom stereocenters. The van der Waals surface area contributed by atoms with Gasteiger partial charge in [0.15, 0.2) is 0 Å². The minimum Gasteiger partial charge on any atom is -0.361 e. The second-order valence-corrected chi connectivity index (χ2v) is 8.34. The Morgan fingerprint density at radius 3 is 2.60 bits per heavy atom. The molecule has 1 aliphatic heterocycles. The number of aromatic amines is 1. The number of carbonyl (C=O) groups excluding carboxylic acids is 2. The van der Waals surface area contributed by atoms with Crippen molar-refractivity contribution in [2.45, 2.75) is 19.9 Å². The highest BCUT2D eigenvalue weighted by Crippen LogP contribution is 2.28. The van der Waals surface area contributed by atoms with Crippen molar-refractivity contribution in [3.8, 4) is 0 Å². The standard InChI is InChI=1S/C28H26FN3O3/c1-3-4-5-26-18(2)22(16-30-26)15-25(20-8-10-24(29)11-9-20)28(34)32-13-12-19-6-7-21(27(33)31-35)14-23(19)17-32/h3-11,14-16,30,35H,1,12-13,17H2,2H3,(H,31,33)/b5-4-,25-15+. The summed E-state index contributed by atoms with van der Waals surface area (Å²) in [5, 5.41) is 8.95. The maximum absolute atomic E-state index is 13.8. The Balaban J connectivity index is 1.70. The zero-order chi connectivity index (χ0) is 24.9. The Hall–Kier alpha value is -4.23. The molecule has 0 radical (unpaired) electrons. The number of nitrogens with one attached hydrogen (secondary N) is 2. The third-order valence-electron chi connectivity index (χ3n) is 6.17.